The molecule has 0 aliphatic carbocycles. The van der Waals surface area contributed by atoms with Crippen LogP contribution in [0.2, 0.25) is 5.02 Å². The van der Waals surface area contributed by atoms with E-state index in [-0.39, 0.29) is 5.12 Å². The molecule has 0 amide bonds. The molecule has 3 nitrogen and oxygen atoms in total. The number of benzene rings is 1. The van der Waals surface area contributed by atoms with E-state index in [2.05, 4.69) is 25.9 Å². The molecular weight excluding hydrogens is 368 g/mol. The van der Waals surface area contributed by atoms with Crippen molar-refractivity contribution in [1.29, 1.82) is 0 Å². The molecule has 1 heterocycles. The summed E-state index contributed by atoms with van der Waals surface area (Å²) in [7, 11) is 0. The van der Waals surface area contributed by atoms with Crippen molar-refractivity contribution in [3.05, 3.63) is 45.7 Å². The Labute approximate surface area is 132 Å². The van der Waals surface area contributed by atoms with Crippen LogP contribution in [0.5, 0.6) is 0 Å². The van der Waals surface area contributed by atoms with Gasteiger partial charge in [-0.3, -0.25) is 4.79 Å². The normalized spacial score (nSPS) is 10.5. The number of nitrogens with zero attached hydrogens (tertiary/aromatic N) is 2. The van der Waals surface area contributed by atoms with E-state index < -0.39 is 0 Å². The summed E-state index contributed by atoms with van der Waals surface area (Å²) in [6, 6.07) is 7.10. The van der Waals surface area contributed by atoms with E-state index in [9.17, 15) is 4.79 Å². The Bertz CT molecular complexity index is 607. The van der Waals surface area contributed by atoms with Gasteiger partial charge in [0, 0.05) is 16.1 Å². The second-order valence-electron chi connectivity index (χ2n) is 3.40. The molecular formula is C12H8BrClN2OS2. The van der Waals surface area contributed by atoms with Crippen LogP contribution in [0.1, 0.15) is 10.5 Å². The molecule has 0 radical (unpaired) electrons. The zero-order valence-electron chi connectivity index (χ0n) is 9.76. The molecule has 0 saturated heterocycles. The quantitative estimate of drug-likeness (QED) is 0.582. The zero-order valence-corrected chi connectivity index (χ0v) is 13.7. The topological polar surface area (TPSA) is 42.9 Å². The lowest BCUT2D eigenvalue weighted by atomic mass is 10.4. The number of carbonyl (C=O) groups excluding carboxylic acids is 1. The number of rotatable bonds is 3. The first-order chi connectivity index (χ1) is 9.10. The zero-order chi connectivity index (χ0) is 13.8. The average molecular weight is 376 g/mol. The number of aromatic nitrogens is 2. The second-order valence-corrected chi connectivity index (χ2v) is 6.51. The lowest BCUT2D eigenvalue weighted by molar-refractivity contribution is 0.108. The van der Waals surface area contributed by atoms with Crippen LogP contribution in [0.25, 0.3) is 0 Å². The minimum Gasteiger partial charge on any atom is -0.279 e. The Morgan fingerprint density at radius 2 is 2.00 bits per heavy atom. The summed E-state index contributed by atoms with van der Waals surface area (Å²) in [6.45, 7) is 0. The molecule has 1 aromatic heterocycles. The monoisotopic (exact) mass is 374 g/mol. The number of halogens is 2. The molecule has 0 saturated carbocycles. The predicted octanol–water partition coefficient (Wildman–Crippen LogP) is 4.55. The van der Waals surface area contributed by atoms with Crippen molar-refractivity contribution >= 4 is 56.2 Å². The summed E-state index contributed by atoms with van der Waals surface area (Å²) in [5.74, 6) is 0. The molecule has 0 unspecified atom stereocenters. The summed E-state index contributed by atoms with van der Waals surface area (Å²) in [5, 5.41) is 1.08. The molecule has 0 fully saturated rings. The van der Waals surface area contributed by atoms with Crippen molar-refractivity contribution in [1.82, 2.24) is 9.97 Å². The van der Waals surface area contributed by atoms with E-state index in [1.807, 2.05) is 6.26 Å². The van der Waals surface area contributed by atoms with Gasteiger partial charge in [0.2, 0.25) is 5.12 Å². The molecule has 2 aromatic rings. The highest BCUT2D eigenvalue weighted by Gasteiger charge is 2.15. The number of hydrogen-bond acceptors (Lipinski definition) is 5. The standard InChI is InChI=1S/C12H8BrClN2OS2/c1-18-12-15-6-9(13)10(16-12)11(17)19-8-4-2-7(14)3-5-8/h2-6H,1H3. The van der Waals surface area contributed by atoms with Crippen molar-refractivity contribution in [2.24, 2.45) is 0 Å². The molecule has 98 valence electrons. The molecule has 0 bridgehead atoms. The third-order valence-electron chi connectivity index (χ3n) is 2.12. The summed E-state index contributed by atoms with van der Waals surface area (Å²) in [6.07, 6.45) is 3.46. The number of hydrogen-bond donors (Lipinski definition) is 0. The largest absolute Gasteiger partial charge is 0.279 e. The van der Waals surface area contributed by atoms with Gasteiger partial charge in [-0.05, 0) is 58.2 Å². The van der Waals surface area contributed by atoms with Crippen molar-refractivity contribution in [2.45, 2.75) is 10.1 Å². The van der Waals surface area contributed by atoms with Gasteiger partial charge in [-0.1, -0.05) is 23.4 Å². The first-order valence-corrected chi connectivity index (χ1v) is 8.35. The van der Waals surface area contributed by atoms with Crippen LogP contribution in [0, 0.1) is 0 Å². The minimum atomic E-state index is -0.133. The van der Waals surface area contributed by atoms with Crippen LogP contribution in [0.15, 0.2) is 45.0 Å². The van der Waals surface area contributed by atoms with Gasteiger partial charge in [0.05, 0.1) is 4.47 Å². The molecule has 1 aromatic carbocycles. The first kappa shape index (κ1) is 14.8. The van der Waals surface area contributed by atoms with Gasteiger partial charge in [-0.25, -0.2) is 9.97 Å². The third kappa shape index (κ3) is 3.95. The molecule has 0 spiro atoms. The molecule has 0 N–H and O–H groups in total. The van der Waals surface area contributed by atoms with Gasteiger partial charge in [0.15, 0.2) is 5.16 Å². The van der Waals surface area contributed by atoms with Crippen LogP contribution in [0.4, 0.5) is 0 Å². The third-order valence-corrected chi connectivity index (χ3v) is 4.40. The van der Waals surface area contributed by atoms with Gasteiger partial charge in [-0.2, -0.15) is 0 Å². The van der Waals surface area contributed by atoms with Crippen molar-refractivity contribution in [2.75, 3.05) is 6.26 Å². The van der Waals surface area contributed by atoms with Crippen LogP contribution in [0.3, 0.4) is 0 Å². The fourth-order valence-electron chi connectivity index (χ4n) is 1.25. The van der Waals surface area contributed by atoms with E-state index in [1.54, 1.807) is 30.5 Å². The maximum atomic E-state index is 12.2. The van der Waals surface area contributed by atoms with Gasteiger partial charge >= 0.3 is 0 Å². The highest BCUT2D eigenvalue weighted by Crippen LogP contribution is 2.27. The van der Waals surface area contributed by atoms with Gasteiger partial charge in [0.1, 0.15) is 5.69 Å². The summed E-state index contributed by atoms with van der Waals surface area (Å²) in [4.78, 5) is 21.3. The Morgan fingerprint density at radius 3 is 2.63 bits per heavy atom. The predicted molar refractivity (Wildman–Crippen MR) is 83.2 cm³/mol. The molecule has 0 atom stereocenters. The van der Waals surface area contributed by atoms with Gasteiger partial charge < -0.3 is 0 Å². The summed E-state index contributed by atoms with van der Waals surface area (Å²) in [5.41, 5.74) is 0.374. The number of thioether (sulfide) groups is 2. The van der Waals surface area contributed by atoms with Crippen LogP contribution < -0.4 is 0 Å². The van der Waals surface area contributed by atoms with Crippen LogP contribution in [-0.2, 0) is 0 Å². The smallest absolute Gasteiger partial charge is 0.243 e. The molecule has 19 heavy (non-hydrogen) atoms. The fourth-order valence-corrected chi connectivity index (χ4v) is 2.96. The summed E-state index contributed by atoms with van der Waals surface area (Å²) >= 11 is 11.6. The maximum absolute atomic E-state index is 12.2. The van der Waals surface area contributed by atoms with Crippen LogP contribution >= 0.6 is 51.1 Å². The van der Waals surface area contributed by atoms with Crippen molar-refractivity contribution < 1.29 is 4.79 Å². The van der Waals surface area contributed by atoms with Crippen LogP contribution in [-0.4, -0.2) is 21.3 Å². The Kier molecular flexibility index (Phi) is 5.27. The van der Waals surface area contributed by atoms with Gasteiger partial charge in [0.25, 0.3) is 0 Å². The Hall–Kier alpha value is -0.560. The highest BCUT2D eigenvalue weighted by atomic mass is 79.9. The van der Waals surface area contributed by atoms with Gasteiger partial charge in [-0.15, -0.1) is 0 Å². The SMILES string of the molecule is CSc1ncc(Br)c(C(=O)Sc2ccc(Cl)cc2)n1. The average Bonchev–Trinajstić information content (AvgIpc) is 2.42. The Balaban J connectivity index is 2.22. The summed E-state index contributed by atoms with van der Waals surface area (Å²) < 4.78 is 0.594. The number of carbonyl (C=O) groups is 1. The molecule has 0 aliphatic heterocycles. The molecule has 7 heteroatoms. The van der Waals surface area contributed by atoms with E-state index in [0.29, 0.717) is 20.3 Å². The van der Waals surface area contributed by atoms with E-state index in [4.69, 9.17) is 11.6 Å². The Morgan fingerprint density at radius 1 is 1.32 bits per heavy atom. The van der Waals surface area contributed by atoms with E-state index in [0.717, 1.165) is 16.7 Å². The van der Waals surface area contributed by atoms with Crippen molar-refractivity contribution in [3.8, 4) is 0 Å². The fraction of sp³-hybridized carbons (Fsp3) is 0.0833. The highest BCUT2D eigenvalue weighted by molar-refractivity contribution is 9.10. The second kappa shape index (κ2) is 6.74. The lowest BCUT2D eigenvalue weighted by Crippen LogP contribution is -2.01. The molecule has 0 aliphatic rings. The first-order valence-electron chi connectivity index (χ1n) is 5.14. The molecule has 2 rings (SSSR count). The van der Waals surface area contributed by atoms with Crippen molar-refractivity contribution in [3.63, 3.8) is 0 Å². The van der Waals surface area contributed by atoms with E-state index in [1.165, 1.54) is 11.8 Å². The lowest BCUT2D eigenvalue weighted by Gasteiger charge is -2.04. The van der Waals surface area contributed by atoms with E-state index >= 15 is 0 Å². The maximum Gasteiger partial charge on any atom is 0.243 e. The minimum absolute atomic E-state index is 0.133.